The highest BCUT2D eigenvalue weighted by Gasteiger charge is 2.17. The summed E-state index contributed by atoms with van der Waals surface area (Å²) in [4.78, 5) is 21.9. The Kier molecular flexibility index (Phi) is 30.3. The largest absolute Gasteiger partial charge is 0.493 e. The van der Waals surface area contributed by atoms with Crippen molar-refractivity contribution in [3.05, 3.63) is 373 Å². The number of rotatable bonds is 18. The summed E-state index contributed by atoms with van der Waals surface area (Å²) in [5.74, 6) is 2.68. The summed E-state index contributed by atoms with van der Waals surface area (Å²) in [5.41, 5.74) is 15.6. The number of ether oxygens (including phenoxy) is 4. The Morgan fingerprint density at radius 2 is 0.594 bits per heavy atom. The van der Waals surface area contributed by atoms with Gasteiger partial charge in [-0.3, -0.25) is 0 Å². The van der Waals surface area contributed by atoms with Crippen molar-refractivity contribution in [2.45, 2.75) is 46.5 Å². The monoisotopic (exact) mass is 1390 g/mol. The van der Waals surface area contributed by atoms with Gasteiger partial charge in [-0.2, -0.15) is 0 Å². The molecule has 4 heterocycles. The molecule has 0 spiro atoms. The molecule has 0 aromatic heterocycles. The van der Waals surface area contributed by atoms with Crippen LogP contribution in [0.2, 0.25) is 0 Å². The number of nitriles is 4. The first-order chi connectivity index (χ1) is 51.9. The van der Waals surface area contributed by atoms with Gasteiger partial charge in [-0.05, 0) is 225 Å². The minimum absolute atomic E-state index is 0.130. The lowest BCUT2D eigenvalue weighted by Crippen LogP contribution is -2.21. The van der Waals surface area contributed by atoms with E-state index in [0.717, 1.165) is 92.6 Å². The van der Waals surface area contributed by atoms with E-state index in [4.69, 9.17) is 66.3 Å². The molecule has 0 amide bonds. The van der Waals surface area contributed by atoms with Crippen LogP contribution in [0.15, 0.2) is 305 Å². The topological polar surface area (TPSA) is 162 Å². The maximum atomic E-state index is 9.09. The van der Waals surface area contributed by atoms with E-state index >= 15 is 0 Å². The zero-order valence-electron chi connectivity index (χ0n) is 60.1. The molecular formula is C90H80N12O4. The summed E-state index contributed by atoms with van der Waals surface area (Å²) in [6.45, 7) is 39.5. The number of allylic oxidation sites excluding steroid dienone is 12. The third kappa shape index (κ3) is 22.9. The van der Waals surface area contributed by atoms with Gasteiger partial charge < -0.3 is 38.5 Å². The molecule has 0 atom stereocenters. The van der Waals surface area contributed by atoms with E-state index in [-0.39, 0.29) is 22.8 Å². The molecule has 0 aliphatic carbocycles. The predicted molar refractivity (Wildman–Crippen MR) is 425 cm³/mol. The lowest BCUT2D eigenvalue weighted by molar-refractivity contribution is 0.219. The van der Waals surface area contributed by atoms with E-state index in [1.165, 1.54) is 11.4 Å². The van der Waals surface area contributed by atoms with Crippen molar-refractivity contribution in [3.8, 4) is 24.3 Å². The van der Waals surface area contributed by atoms with E-state index in [1.54, 1.807) is 24.3 Å². The lowest BCUT2D eigenvalue weighted by atomic mass is 10.1. The van der Waals surface area contributed by atoms with Gasteiger partial charge >= 0.3 is 0 Å². The Morgan fingerprint density at radius 1 is 0.340 bits per heavy atom. The van der Waals surface area contributed by atoms with Gasteiger partial charge in [-0.15, -0.1) is 0 Å². The highest BCUT2D eigenvalue weighted by Crippen LogP contribution is 2.35. The van der Waals surface area contributed by atoms with Gasteiger partial charge in [0.25, 0.3) is 22.8 Å². The van der Waals surface area contributed by atoms with Crippen LogP contribution >= 0.6 is 0 Å². The molecule has 4 aliphatic rings. The van der Waals surface area contributed by atoms with Crippen LogP contribution in [0.25, 0.3) is 43.7 Å². The van der Waals surface area contributed by atoms with Gasteiger partial charge in [0.2, 0.25) is 0 Å². The highest BCUT2D eigenvalue weighted by atomic mass is 16.5. The van der Waals surface area contributed by atoms with Crippen molar-refractivity contribution in [2.75, 3.05) is 79.8 Å². The molecule has 0 N–H and O–H groups in total. The lowest BCUT2D eigenvalue weighted by Gasteiger charge is -2.25. The van der Waals surface area contributed by atoms with Crippen LogP contribution in [0, 0.1) is 71.6 Å². The van der Waals surface area contributed by atoms with Crippen LogP contribution in [-0.2, 0) is 18.9 Å². The van der Waals surface area contributed by atoms with Gasteiger partial charge in [0.15, 0.2) is 0 Å². The molecule has 0 fully saturated rings. The molecule has 0 bridgehead atoms. The minimum Gasteiger partial charge on any atom is -0.493 e. The average Bonchev–Trinajstić information content (AvgIpc) is 0.813. The van der Waals surface area contributed by atoms with Crippen molar-refractivity contribution in [1.82, 2.24) is 0 Å². The summed E-state index contributed by atoms with van der Waals surface area (Å²) in [6, 6.07) is 71.7. The average molecular weight is 1390 g/mol. The van der Waals surface area contributed by atoms with Crippen molar-refractivity contribution < 1.29 is 18.9 Å². The van der Waals surface area contributed by atoms with E-state index in [9.17, 15) is 0 Å². The fraction of sp³-hybridized carbons (Fsp3) is 0.178. The van der Waals surface area contributed by atoms with Crippen LogP contribution in [0.5, 0.6) is 0 Å². The van der Waals surface area contributed by atoms with Crippen LogP contribution < -0.4 is 19.6 Å². The molecule has 16 heteroatoms. The number of hydrogen-bond acceptors (Lipinski definition) is 12. The maximum Gasteiger partial charge on any atom is 0.265 e. The quantitative estimate of drug-likeness (QED) is 0.0591. The summed E-state index contributed by atoms with van der Waals surface area (Å²) >= 11 is 0. The summed E-state index contributed by atoms with van der Waals surface area (Å²) < 4.78 is 22.4. The second-order valence-electron chi connectivity index (χ2n) is 23.8. The molecule has 0 saturated carbocycles. The van der Waals surface area contributed by atoms with Gasteiger partial charge in [0.05, 0.1) is 77.0 Å². The van der Waals surface area contributed by atoms with Crippen LogP contribution in [-0.4, -0.2) is 60.2 Å². The van der Waals surface area contributed by atoms with Crippen molar-refractivity contribution in [2.24, 2.45) is 0 Å². The van der Waals surface area contributed by atoms with Crippen LogP contribution in [0.4, 0.5) is 39.8 Å². The van der Waals surface area contributed by atoms with Gasteiger partial charge in [-0.1, -0.05) is 127 Å². The zero-order chi connectivity index (χ0) is 75.3. The molecule has 0 unspecified atom stereocenters. The zero-order valence-corrected chi connectivity index (χ0v) is 60.1. The Hall–Kier alpha value is -14.3. The standard InChI is InChI=1S/C28H21N3O.C23H19N3O.C20H21N3O.C19H19N3O/c1-30-28(21-29)23-18-19-32-27(20-23)17-14-22-12-15-26(16-13-22)31(24-8-4-2-5-9-24)25-10-6-3-7-11-25;1-25-23(17-24)19-14-15-27-22(16-19)13-10-18-8-11-21(12-9-18)26(2)20-6-4-3-5-7-20;1-4-23(5-2)18-9-6-16(7-10-18)8-11-19-14-17(12-13-24-19)20(15-21)22-3;1-4-22(3)17-8-5-15(6-9-17)7-10-18-13-16(11-12-23-18)19(14-20)21-2/h2-17,20H,18-19H2;3-13,16H,14-15H2,2H3;6-11,14H,4-5,12-13H2,1-2H3;5-10,13H,4,11-12H2,1,3H3/b17-14+,28-23-;13-10+,23-19-;11-8+,20-17-;10-7+,19-16-. The van der Waals surface area contributed by atoms with E-state index in [0.29, 0.717) is 75.1 Å². The Bertz CT molecular complexity index is 4820. The number of nitrogens with zero attached hydrogens (tertiary/aromatic N) is 12. The molecule has 106 heavy (non-hydrogen) atoms. The van der Waals surface area contributed by atoms with Crippen LogP contribution in [0.3, 0.4) is 0 Å². The number of hydrogen-bond donors (Lipinski definition) is 0. The first kappa shape index (κ1) is 77.5. The molecular weight excluding hydrogens is 1310 g/mol. The predicted octanol–water partition coefficient (Wildman–Crippen LogP) is 21.3. The second kappa shape index (κ2) is 41.5. The Labute approximate surface area is 623 Å². The number of para-hydroxylation sites is 3. The van der Waals surface area contributed by atoms with Gasteiger partial charge in [0, 0.05) is 73.5 Å². The van der Waals surface area contributed by atoms with E-state index in [1.807, 2.05) is 147 Å². The number of benzene rings is 7. The summed E-state index contributed by atoms with van der Waals surface area (Å²) in [6.07, 6.45) is 24.8. The minimum atomic E-state index is 0.130. The van der Waals surface area contributed by atoms with E-state index in [2.05, 4.69) is 188 Å². The maximum absolute atomic E-state index is 9.09. The molecule has 524 valence electrons. The second-order valence-corrected chi connectivity index (χ2v) is 23.8. The SMILES string of the molecule is [C-]#[N+]/C(C#N)=C1C=C(/C=C/c2ccc(N(C)CC)cc2)OCC\1.[C-]#[N+]/C(C#N)=C1C=C(/C=C/c2ccc(N(C)c3ccccc3)cc2)OCC\1.[C-]#[N+]/C(C#N)=C1C=C(/C=C/c2ccc(N(CC)CC)cc2)OCC\1.[C-]#[N+]/C(C#N)=C1C=C(/C=C/c2ccc(N(c3ccccc3)c3ccccc3)cc2)OCC\1. The molecule has 0 saturated heterocycles. The normalized spacial score (nSPS) is 15.4. The van der Waals surface area contributed by atoms with Crippen molar-refractivity contribution >= 4 is 64.1 Å². The van der Waals surface area contributed by atoms with Gasteiger partial charge in [-0.25, -0.2) is 40.4 Å². The van der Waals surface area contributed by atoms with Gasteiger partial charge in [0.1, 0.15) is 23.0 Å². The smallest absolute Gasteiger partial charge is 0.265 e. The molecule has 7 aromatic carbocycles. The summed E-state index contributed by atoms with van der Waals surface area (Å²) in [5, 5.41) is 36.0. The highest BCUT2D eigenvalue weighted by molar-refractivity contribution is 5.77. The fourth-order valence-corrected chi connectivity index (χ4v) is 11.1. The molecule has 7 aromatic rings. The Morgan fingerprint density at radius 3 is 0.868 bits per heavy atom. The van der Waals surface area contributed by atoms with Crippen molar-refractivity contribution in [1.29, 1.82) is 21.0 Å². The fourth-order valence-electron chi connectivity index (χ4n) is 11.1. The first-order valence-corrected chi connectivity index (χ1v) is 34.6. The first-order valence-electron chi connectivity index (χ1n) is 34.6. The number of anilines is 7. The molecule has 4 aliphatic heterocycles. The Balaban J connectivity index is 0.000000180. The van der Waals surface area contributed by atoms with Crippen molar-refractivity contribution in [3.63, 3.8) is 0 Å². The third-order valence-electron chi connectivity index (χ3n) is 17.1. The van der Waals surface area contributed by atoms with E-state index < -0.39 is 0 Å². The molecule has 0 radical (unpaired) electrons. The third-order valence-corrected chi connectivity index (χ3v) is 17.1. The molecule has 16 nitrogen and oxygen atoms in total. The molecule has 11 rings (SSSR count). The summed E-state index contributed by atoms with van der Waals surface area (Å²) in [7, 11) is 4.10. The van der Waals surface area contributed by atoms with Crippen LogP contribution in [0.1, 0.15) is 68.7 Å².